The van der Waals surface area contributed by atoms with Crippen LogP contribution in [0.15, 0.2) is 6.33 Å². The van der Waals surface area contributed by atoms with E-state index in [1.54, 1.807) is 6.33 Å². The monoisotopic (exact) mass is 242 g/mol. The Morgan fingerprint density at radius 2 is 1.94 bits per heavy atom. The van der Waals surface area contributed by atoms with Crippen molar-refractivity contribution in [2.24, 2.45) is 5.73 Å². The van der Waals surface area contributed by atoms with Crippen molar-refractivity contribution in [1.82, 2.24) is 14.8 Å². The average molecular weight is 242 g/mol. The van der Waals surface area contributed by atoms with Crippen LogP contribution >= 0.6 is 0 Å². The summed E-state index contributed by atoms with van der Waals surface area (Å²) < 4.78 is 12.8. The van der Waals surface area contributed by atoms with E-state index in [1.165, 1.54) is 0 Å². The second-order valence-corrected chi connectivity index (χ2v) is 3.64. The summed E-state index contributed by atoms with van der Waals surface area (Å²) in [5.41, 5.74) is 6.07. The standard InChI is InChI=1S/C11H22N4O2/c1-4-15-10(13-8-14-15)7-9(12)11(16-5-2)17-6-3/h8-9,11H,4-7,12H2,1-3H3. The first-order chi connectivity index (χ1) is 8.22. The lowest BCUT2D eigenvalue weighted by molar-refractivity contribution is -0.148. The molecule has 0 aliphatic heterocycles. The summed E-state index contributed by atoms with van der Waals surface area (Å²) in [7, 11) is 0. The molecule has 1 aromatic heterocycles. The first-order valence-electron chi connectivity index (χ1n) is 6.08. The van der Waals surface area contributed by atoms with Crippen LogP contribution < -0.4 is 5.73 Å². The van der Waals surface area contributed by atoms with Gasteiger partial charge in [-0.1, -0.05) is 0 Å². The van der Waals surface area contributed by atoms with Crippen molar-refractivity contribution < 1.29 is 9.47 Å². The topological polar surface area (TPSA) is 75.2 Å². The Bertz CT molecular complexity index is 310. The van der Waals surface area contributed by atoms with E-state index in [0.29, 0.717) is 19.6 Å². The number of nitrogens with two attached hydrogens (primary N) is 1. The molecule has 6 nitrogen and oxygen atoms in total. The predicted molar refractivity (Wildman–Crippen MR) is 64.4 cm³/mol. The van der Waals surface area contributed by atoms with E-state index in [0.717, 1.165) is 12.4 Å². The van der Waals surface area contributed by atoms with Gasteiger partial charge in [-0.05, 0) is 20.8 Å². The molecule has 0 bridgehead atoms. The maximum atomic E-state index is 6.07. The number of hydrogen-bond acceptors (Lipinski definition) is 5. The fourth-order valence-corrected chi connectivity index (χ4v) is 1.64. The van der Waals surface area contributed by atoms with Crippen LogP contribution in [0.4, 0.5) is 0 Å². The van der Waals surface area contributed by atoms with Gasteiger partial charge in [-0.15, -0.1) is 0 Å². The predicted octanol–water partition coefficient (Wildman–Crippen LogP) is 0.567. The molecule has 0 fully saturated rings. The molecule has 98 valence electrons. The highest BCUT2D eigenvalue weighted by Crippen LogP contribution is 2.06. The van der Waals surface area contributed by atoms with Gasteiger partial charge in [0.2, 0.25) is 0 Å². The van der Waals surface area contributed by atoms with E-state index < -0.39 is 0 Å². The first kappa shape index (κ1) is 14.1. The summed E-state index contributed by atoms with van der Waals surface area (Å²) in [5.74, 6) is 0.865. The number of nitrogens with zero attached hydrogens (tertiary/aromatic N) is 3. The van der Waals surface area contributed by atoms with Gasteiger partial charge in [-0.2, -0.15) is 5.10 Å². The third-order valence-electron chi connectivity index (χ3n) is 2.42. The minimum absolute atomic E-state index is 0.232. The molecular formula is C11H22N4O2. The molecule has 0 aliphatic rings. The minimum atomic E-state index is -0.382. The summed E-state index contributed by atoms with van der Waals surface area (Å²) in [6.07, 6.45) is 1.76. The highest BCUT2D eigenvalue weighted by atomic mass is 16.7. The molecule has 6 heteroatoms. The van der Waals surface area contributed by atoms with Gasteiger partial charge >= 0.3 is 0 Å². The molecule has 0 radical (unpaired) electrons. The Balaban J connectivity index is 2.59. The fourth-order valence-electron chi connectivity index (χ4n) is 1.64. The SMILES string of the molecule is CCOC(OCC)C(N)Cc1ncnn1CC. The highest BCUT2D eigenvalue weighted by molar-refractivity contribution is 4.89. The van der Waals surface area contributed by atoms with E-state index in [9.17, 15) is 0 Å². The molecule has 17 heavy (non-hydrogen) atoms. The zero-order valence-electron chi connectivity index (χ0n) is 10.8. The van der Waals surface area contributed by atoms with Crippen LogP contribution in [-0.4, -0.2) is 40.3 Å². The largest absolute Gasteiger partial charge is 0.351 e. The van der Waals surface area contributed by atoms with Crippen molar-refractivity contribution in [3.63, 3.8) is 0 Å². The summed E-state index contributed by atoms with van der Waals surface area (Å²) >= 11 is 0. The quantitative estimate of drug-likeness (QED) is 0.674. The van der Waals surface area contributed by atoms with E-state index >= 15 is 0 Å². The molecular weight excluding hydrogens is 220 g/mol. The second-order valence-electron chi connectivity index (χ2n) is 3.64. The lowest BCUT2D eigenvalue weighted by atomic mass is 10.2. The molecule has 0 aliphatic carbocycles. The molecule has 0 amide bonds. The summed E-state index contributed by atoms with van der Waals surface area (Å²) in [5, 5.41) is 4.11. The molecule has 0 spiro atoms. The fraction of sp³-hybridized carbons (Fsp3) is 0.818. The van der Waals surface area contributed by atoms with E-state index in [-0.39, 0.29) is 12.3 Å². The third-order valence-corrected chi connectivity index (χ3v) is 2.42. The molecule has 1 rings (SSSR count). The number of hydrogen-bond donors (Lipinski definition) is 1. The molecule has 0 aromatic carbocycles. The molecule has 1 heterocycles. The maximum Gasteiger partial charge on any atom is 0.172 e. The smallest absolute Gasteiger partial charge is 0.172 e. The van der Waals surface area contributed by atoms with Gasteiger partial charge in [0.05, 0.1) is 6.04 Å². The van der Waals surface area contributed by atoms with Crippen LogP contribution in [0.2, 0.25) is 0 Å². The number of aromatic nitrogens is 3. The van der Waals surface area contributed by atoms with Crippen LogP contribution in [0.3, 0.4) is 0 Å². The Kier molecular flexibility index (Phi) is 6.10. The van der Waals surface area contributed by atoms with Crippen molar-refractivity contribution in [3.8, 4) is 0 Å². The van der Waals surface area contributed by atoms with Gasteiger partial charge in [0, 0.05) is 26.2 Å². The molecule has 1 aromatic rings. The van der Waals surface area contributed by atoms with Crippen molar-refractivity contribution in [2.45, 2.75) is 46.1 Å². The number of ether oxygens (including phenoxy) is 2. The van der Waals surface area contributed by atoms with Crippen LogP contribution in [0.1, 0.15) is 26.6 Å². The van der Waals surface area contributed by atoms with Gasteiger partial charge in [-0.3, -0.25) is 4.68 Å². The van der Waals surface area contributed by atoms with E-state index in [2.05, 4.69) is 10.1 Å². The van der Waals surface area contributed by atoms with Gasteiger partial charge in [0.15, 0.2) is 6.29 Å². The normalized spacial score (nSPS) is 13.2. The summed E-state index contributed by atoms with van der Waals surface area (Å²) in [4.78, 5) is 4.19. The van der Waals surface area contributed by atoms with Crippen LogP contribution in [0.5, 0.6) is 0 Å². The zero-order valence-corrected chi connectivity index (χ0v) is 10.8. The molecule has 1 unspecified atom stereocenters. The number of aryl methyl sites for hydroxylation is 1. The Morgan fingerprint density at radius 1 is 1.29 bits per heavy atom. The van der Waals surface area contributed by atoms with Crippen molar-refractivity contribution in [3.05, 3.63) is 12.2 Å². The van der Waals surface area contributed by atoms with Gasteiger partial charge in [0.1, 0.15) is 12.2 Å². The van der Waals surface area contributed by atoms with Crippen molar-refractivity contribution >= 4 is 0 Å². The average Bonchev–Trinajstić information content (AvgIpc) is 2.76. The molecule has 0 saturated carbocycles. The molecule has 2 N–H and O–H groups in total. The Morgan fingerprint density at radius 3 is 2.47 bits per heavy atom. The van der Waals surface area contributed by atoms with Crippen molar-refractivity contribution in [2.75, 3.05) is 13.2 Å². The van der Waals surface area contributed by atoms with Gasteiger partial charge in [0.25, 0.3) is 0 Å². The lowest BCUT2D eigenvalue weighted by Gasteiger charge is -2.23. The number of rotatable bonds is 8. The second kappa shape index (κ2) is 7.37. The first-order valence-corrected chi connectivity index (χ1v) is 6.08. The van der Waals surface area contributed by atoms with Crippen LogP contribution in [0, 0.1) is 0 Å². The third kappa shape index (κ3) is 4.07. The van der Waals surface area contributed by atoms with Crippen LogP contribution in [0.25, 0.3) is 0 Å². The zero-order chi connectivity index (χ0) is 12.7. The van der Waals surface area contributed by atoms with E-state index in [1.807, 2.05) is 25.5 Å². The van der Waals surface area contributed by atoms with Crippen LogP contribution in [-0.2, 0) is 22.4 Å². The van der Waals surface area contributed by atoms with E-state index in [4.69, 9.17) is 15.2 Å². The molecule has 1 atom stereocenters. The van der Waals surface area contributed by atoms with Gasteiger partial charge in [-0.25, -0.2) is 4.98 Å². The van der Waals surface area contributed by atoms with Crippen molar-refractivity contribution in [1.29, 1.82) is 0 Å². The Labute approximate surface area is 102 Å². The lowest BCUT2D eigenvalue weighted by Crippen LogP contribution is -2.41. The highest BCUT2D eigenvalue weighted by Gasteiger charge is 2.20. The minimum Gasteiger partial charge on any atom is -0.351 e. The Hall–Kier alpha value is -0.980. The maximum absolute atomic E-state index is 6.07. The molecule has 0 saturated heterocycles. The summed E-state index contributed by atoms with van der Waals surface area (Å²) in [6.45, 7) is 7.82. The van der Waals surface area contributed by atoms with Gasteiger partial charge < -0.3 is 15.2 Å². The summed E-state index contributed by atoms with van der Waals surface area (Å²) in [6, 6.07) is -0.232.